The third kappa shape index (κ3) is 13.2. The lowest BCUT2D eigenvalue weighted by molar-refractivity contribution is -0.142. The van der Waals surface area contributed by atoms with E-state index in [0.29, 0.717) is 41.8 Å². The van der Waals surface area contributed by atoms with Crippen LogP contribution < -0.4 is 32.7 Å². The molecule has 4 aromatic rings. The maximum atomic E-state index is 14.1. The molecule has 3 aromatic carbocycles. The maximum absolute atomic E-state index is 14.1. The number of aromatic hydroxyl groups is 1. The number of carboxylic acid groups (broad SMARTS) is 1. The number of benzene rings is 3. The summed E-state index contributed by atoms with van der Waals surface area (Å²) in [5, 5.41) is 30.5. The highest BCUT2D eigenvalue weighted by Gasteiger charge is 2.32. The van der Waals surface area contributed by atoms with E-state index < -0.39 is 59.8 Å². The Morgan fingerprint density at radius 2 is 1.11 bits per heavy atom. The number of nitrogens with zero attached hydrogens (tertiary/aromatic N) is 1. The summed E-state index contributed by atoms with van der Waals surface area (Å²) >= 11 is 0. The largest absolute Gasteiger partial charge is 0.508 e. The van der Waals surface area contributed by atoms with Crippen molar-refractivity contribution in [2.45, 2.75) is 75.2 Å². The van der Waals surface area contributed by atoms with E-state index >= 15 is 0 Å². The average molecular weight is 741 g/mol. The third-order valence-corrected chi connectivity index (χ3v) is 8.72. The normalized spacial score (nSPS) is 13.7. The Balaban J connectivity index is 1.56. The smallest absolute Gasteiger partial charge is 0.326 e. The van der Waals surface area contributed by atoms with Crippen LogP contribution in [0.1, 0.15) is 41.6 Å². The van der Waals surface area contributed by atoms with Crippen LogP contribution in [0, 0.1) is 0 Å². The van der Waals surface area contributed by atoms with Crippen LogP contribution in [-0.4, -0.2) is 86.5 Å². The first kappa shape index (κ1) is 40.7. The van der Waals surface area contributed by atoms with Gasteiger partial charge in [0.2, 0.25) is 23.6 Å². The number of H-pyrrole nitrogens is 1. The Kier molecular flexibility index (Phi) is 15.7. The highest BCUT2D eigenvalue weighted by Crippen LogP contribution is 2.13. The van der Waals surface area contributed by atoms with Crippen molar-refractivity contribution in [3.05, 3.63) is 120 Å². The van der Waals surface area contributed by atoms with E-state index in [1.165, 1.54) is 18.5 Å². The van der Waals surface area contributed by atoms with Gasteiger partial charge in [-0.15, -0.1) is 0 Å². The summed E-state index contributed by atoms with van der Waals surface area (Å²) in [7, 11) is 0. The molecule has 15 heteroatoms. The number of unbranched alkanes of at least 4 members (excludes halogenated alkanes) is 1. The maximum Gasteiger partial charge on any atom is 0.326 e. The van der Waals surface area contributed by atoms with Gasteiger partial charge in [-0.1, -0.05) is 72.8 Å². The van der Waals surface area contributed by atoms with Gasteiger partial charge in [0.05, 0.1) is 18.1 Å². The first-order valence-electron chi connectivity index (χ1n) is 17.8. The lowest BCUT2D eigenvalue weighted by Gasteiger charge is -2.27. The van der Waals surface area contributed by atoms with Gasteiger partial charge >= 0.3 is 5.97 Å². The van der Waals surface area contributed by atoms with Gasteiger partial charge < -0.3 is 47.9 Å². The van der Waals surface area contributed by atoms with Crippen molar-refractivity contribution in [3.63, 3.8) is 0 Å². The summed E-state index contributed by atoms with van der Waals surface area (Å²) in [4.78, 5) is 74.1. The Morgan fingerprint density at radius 3 is 1.63 bits per heavy atom. The van der Waals surface area contributed by atoms with E-state index in [0.717, 1.165) is 0 Å². The van der Waals surface area contributed by atoms with Gasteiger partial charge in [0.15, 0.2) is 0 Å². The van der Waals surface area contributed by atoms with E-state index in [1.54, 1.807) is 79.0 Å². The first-order chi connectivity index (χ1) is 26.0. The van der Waals surface area contributed by atoms with Crippen LogP contribution in [0.5, 0.6) is 5.75 Å². The number of carbonyl (C=O) groups excluding carboxylic acids is 4. The van der Waals surface area contributed by atoms with E-state index in [9.17, 15) is 34.2 Å². The van der Waals surface area contributed by atoms with Gasteiger partial charge in [0.1, 0.15) is 29.9 Å². The summed E-state index contributed by atoms with van der Waals surface area (Å²) < 4.78 is 0. The molecule has 0 fully saturated rings. The zero-order valence-electron chi connectivity index (χ0n) is 29.8. The number of nitrogens with two attached hydrogens (primary N) is 2. The molecule has 0 unspecified atom stereocenters. The molecule has 0 aliphatic carbocycles. The monoisotopic (exact) mass is 740 g/mol. The number of hydrogen-bond donors (Lipinski definition) is 9. The van der Waals surface area contributed by atoms with E-state index in [4.69, 9.17) is 11.5 Å². The van der Waals surface area contributed by atoms with Crippen molar-refractivity contribution in [2.75, 3.05) is 6.54 Å². The quantitative estimate of drug-likeness (QED) is 0.0545. The Morgan fingerprint density at radius 1 is 0.630 bits per heavy atom. The van der Waals surface area contributed by atoms with Crippen molar-refractivity contribution in [1.29, 1.82) is 0 Å². The highest BCUT2D eigenvalue weighted by atomic mass is 16.4. The number of aliphatic carboxylic acids is 1. The lowest BCUT2D eigenvalue weighted by atomic mass is 10.0. The second kappa shape index (κ2) is 20.8. The van der Waals surface area contributed by atoms with Gasteiger partial charge in [-0.25, -0.2) is 9.78 Å². The second-order valence-electron chi connectivity index (χ2n) is 13.0. The van der Waals surface area contributed by atoms with Crippen LogP contribution in [0.3, 0.4) is 0 Å². The predicted molar refractivity (Wildman–Crippen MR) is 201 cm³/mol. The lowest BCUT2D eigenvalue weighted by Crippen LogP contribution is -2.59. The minimum atomic E-state index is -1.27. The van der Waals surface area contributed by atoms with Crippen molar-refractivity contribution < 1.29 is 34.2 Å². The van der Waals surface area contributed by atoms with Crippen LogP contribution in [0.25, 0.3) is 0 Å². The molecule has 0 saturated carbocycles. The highest BCUT2D eigenvalue weighted by molar-refractivity contribution is 5.95. The van der Waals surface area contributed by atoms with Gasteiger partial charge in [-0.3, -0.25) is 19.2 Å². The van der Waals surface area contributed by atoms with Gasteiger partial charge in [0, 0.05) is 31.9 Å². The molecule has 286 valence electrons. The zero-order valence-corrected chi connectivity index (χ0v) is 29.8. The average Bonchev–Trinajstić information content (AvgIpc) is 3.68. The minimum absolute atomic E-state index is 0.00519. The van der Waals surface area contributed by atoms with E-state index in [1.807, 2.05) is 0 Å². The summed E-state index contributed by atoms with van der Waals surface area (Å²) in [5.74, 6) is -3.93. The van der Waals surface area contributed by atoms with E-state index in [-0.39, 0.29) is 37.9 Å². The van der Waals surface area contributed by atoms with Gasteiger partial charge in [-0.2, -0.15) is 0 Å². The molecule has 1 heterocycles. The molecule has 0 aliphatic heterocycles. The van der Waals surface area contributed by atoms with Gasteiger partial charge in [-0.05, 0) is 54.6 Å². The Hall–Kier alpha value is -6.06. The molecule has 15 nitrogen and oxygen atoms in total. The molecule has 0 spiro atoms. The predicted octanol–water partition coefficient (Wildman–Crippen LogP) is 0.866. The number of phenols is 1. The molecule has 5 atom stereocenters. The number of rotatable bonds is 21. The molecule has 0 aliphatic rings. The number of phenolic OH excluding ortho intramolecular Hbond substituents is 1. The number of carboxylic acids is 1. The molecule has 54 heavy (non-hydrogen) atoms. The molecular weight excluding hydrogens is 692 g/mol. The summed E-state index contributed by atoms with van der Waals surface area (Å²) in [6, 6.07) is 18.0. The molecule has 11 N–H and O–H groups in total. The third-order valence-electron chi connectivity index (χ3n) is 8.72. The van der Waals surface area contributed by atoms with E-state index in [2.05, 4.69) is 31.2 Å². The first-order valence-corrected chi connectivity index (χ1v) is 17.8. The molecule has 4 rings (SSSR count). The number of nitrogens with one attached hydrogen (secondary N) is 5. The van der Waals surface area contributed by atoms with Gasteiger partial charge in [0.25, 0.3) is 0 Å². The summed E-state index contributed by atoms with van der Waals surface area (Å²) in [5.41, 5.74) is 14.4. The topological polar surface area (TPSA) is 255 Å². The van der Waals surface area contributed by atoms with Crippen LogP contribution >= 0.6 is 0 Å². The fraction of sp³-hybridized carbons (Fsp3) is 0.333. The number of aromatic amines is 1. The van der Waals surface area contributed by atoms with Crippen molar-refractivity contribution in [2.24, 2.45) is 11.5 Å². The molecule has 4 amide bonds. The fourth-order valence-corrected chi connectivity index (χ4v) is 5.76. The fourth-order valence-electron chi connectivity index (χ4n) is 5.76. The van der Waals surface area contributed by atoms with Crippen molar-refractivity contribution in [3.8, 4) is 5.75 Å². The standard InChI is InChI=1S/C39H48N8O7/c40-18-8-7-13-31(36(50)47-34(39(53)54)21-26-11-5-2-6-12-26)44-37(51)33(19-25-9-3-1-4-10-25)46-38(52)32(20-27-14-16-29(48)17-15-27)45-35(49)30(41)22-28-23-42-24-43-28/h1-6,9-12,14-17,23-24,30-34,48H,7-8,13,18-22,40-41H2,(H,42,43)(H,44,51)(H,45,49)(H,46,52)(H,47,50)(H,53,54)/t30-,31-,32-,33+,34-/m0/s1. The molecule has 0 bridgehead atoms. The Labute approximate surface area is 313 Å². The molecule has 1 aromatic heterocycles. The number of aromatic nitrogens is 2. The Bertz CT molecular complexity index is 1790. The zero-order chi connectivity index (χ0) is 38.9. The SMILES string of the molecule is NCCCC[C@H](NC(=O)[C@@H](Cc1ccccc1)NC(=O)[C@H](Cc1ccc(O)cc1)NC(=O)[C@@H](N)Cc1c[nH]cn1)C(=O)N[C@@H](Cc1ccccc1)C(=O)O. The molecule has 0 saturated heterocycles. The van der Waals surface area contributed by atoms with Crippen LogP contribution in [0.15, 0.2) is 97.5 Å². The number of hydrogen-bond acceptors (Lipinski definition) is 9. The number of amides is 4. The van der Waals surface area contributed by atoms with Crippen LogP contribution in [0.4, 0.5) is 0 Å². The molecule has 0 radical (unpaired) electrons. The van der Waals surface area contributed by atoms with Crippen molar-refractivity contribution in [1.82, 2.24) is 31.2 Å². The molecular formula is C39H48N8O7. The van der Waals surface area contributed by atoms with Crippen LogP contribution in [-0.2, 0) is 49.7 Å². The summed E-state index contributed by atoms with van der Waals surface area (Å²) in [6.45, 7) is 0.347. The van der Waals surface area contributed by atoms with Crippen molar-refractivity contribution >= 4 is 29.6 Å². The summed E-state index contributed by atoms with van der Waals surface area (Å²) in [6.07, 6.45) is 4.38. The van der Waals surface area contributed by atoms with Crippen LogP contribution in [0.2, 0.25) is 0 Å². The number of carbonyl (C=O) groups is 5. The minimum Gasteiger partial charge on any atom is -0.508 e. The number of imidazole rings is 1. The second-order valence-corrected chi connectivity index (χ2v) is 13.0.